The summed E-state index contributed by atoms with van der Waals surface area (Å²) in [7, 11) is 0. The molecule has 3 heteroatoms. The minimum atomic E-state index is 0.0613. The van der Waals surface area contributed by atoms with Crippen LogP contribution in [-0.2, 0) is 6.42 Å². The highest BCUT2D eigenvalue weighted by Gasteiger charge is 2.02. The van der Waals surface area contributed by atoms with Gasteiger partial charge in [-0.1, -0.05) is 28.1 Å². The molecule has 0 radical (unpaired) electrons. The summed E-state index contributed by atoms with van der Waals surface area (Å²) in [4.78, 5) is 0. The summed E-state index contributed by atoms with van der Waals surface area (Å²) in [6, 6.07) is 8.15. The number of hydrogen-bond donors (Lipinski definition) is 2. The summed E-state index contributed by atoms with van der Waals surface area (Å²) in [5, 5.41) is 8.67. The molecule has 0 bridgehead atoms. The molecule has 1 rings (SSSR count). The minimum Gasteiger partial charge on any atom is -0.396 e. The van der Waals surface area contributed by atoms with Crippen molar-refractivity contribution in [2.24, 2.45) is 5.73 Å². The standard InChI is InChI=1S/C10H14BrNO/c11-9-3-1-8(2-4-9)7-10(12)5-6-13/h1-4,10,13H,5-7,12H2/t10-/m1/s1. The average Bonchev–Trinajstić information content (AvgIpc) is 2.09. The van der Waals surface area contributed by atoms with Gasteiger partial charge in [0.25, 0.3) is 0 Å². The second kappa shape index (κ2) is 5.37. The van der Waals surface area contributed by atoms with Gasteiger partial charge in [-0.15, -0.1) is 0 Å². The Morgan fingerprint density at radius 2 is 1.92 bits per heavy atom. The first kappa shape index (κ1) is 10.7. The van der Waals surface area contributed by atoms with Crippen molar-refractivity contribution in [1.29, 1.82) is 0 Å². The van der Waals surface area contributed by atoms with Crippen LogP contribution in [0.4, 0.5) is 0 Å². The van der Waals surface area contributed by atoms with E-state index in [0.29, 0.717) is 6.42 Å². The van der Waals surface area contributed by atoms with Crippen LogP contribution in [0.5, 0.6) is 0 Å². The van der Waals surface area contributed by atoms with Crippen molar-refractivity contribution in [2.45, 2.75) is 18.9 Å². The van der Waals surface area contributed by atoms with Crippen LogP contribution in [0.3, 0.4) is 0 Å². The fraction of sp³-hybridized carbons (Fsp3) is 0.400. The Labute approximate surface area is 86.9 Å². The van der Waals surface area contributed by atoms with E-state index in [4.69, 9.17) is 10.8 Å². The summed E-state index contributed by atoms with van der Waals surface area (Å²) < 4.78 is 1.08. The van der Waals surface area contributed by atoms with Gasteiger partial charge in [-0.25, -0.2) is 0 Å². The van der Waals surface area contributed by atoms with E-state index in [1.165, 1.54) is 5.56 Å². The summed E-state index contributed by atoms with van der Waals surface area (Å²) in [6.07, 6.45) is 1.49. The Kier molecular flexibility index (Phi) is 4.42. The predicted molar refractivity (Wildman–Crippen MR) is 57.5 cm³/mol. The molecule has 13 heavy (non-hydrogen) atoms. The molecule has 0 saturated carbocycles. The van der Waals surface area contributed by atoms with Gasteiger partial charge in [0, 0.05) is 17.1 Å². The van der Waals surface area contributed by atoms with E-state index in [9.17, 15) is 0 Å². The third-order valence-corrected chi connectivity index (χ3v) is 2.44. The summed E-state index contributed by atoms with van der Waals surface area (Å²) >= 11 is 3.37. The number of aliphatic hydroxyl groups is 1. The van der Waals surface area contributed by atoms with Gasteiger partial charge in [-0.2, -0.15) is 0 Å². The Balaban J connectivity index is 2.49. The fourth-order valence-electron chi connectivity index (χ4n) is 1.19. The van der Waals surface area contributed by atoms with Crippen molar-refractivity contribution in [2.75, 3.05) is 6.61 Å². The molecule has 0 saturated heterocycles. The third kappa shape index (κ3) is 3.89. The molecule has 0 aliphatic carbocycles. The van der Waals surface area contributed by atoms with Crippen LogP contribution in [0.2, 0.25) is 0 Å². The number of aliphatic hydroxyl groups excluding tert-OH is 1. The maximum atomic E-state index is 8.67. The highest BCUT2D eigenvalue weighted by atomic mass is 79.9. The predicted octanol–water partition coefficient (Wildman–Crippen LogP) is 1.70. The molecule has 1 aromatic rings. The zero-order chi connectivity index (χ0) is 9.68. The highest BCUT2D eigenvalue weighted by Crippen LogP contribution is 2.11. The average molecular weight is 244 g/mol. The van der Waals surface area contributed by atoms with Crippen molar-refractivity contribution >= 4 is 15.9 Å². The molecule has 1 atom stereocenters. The molecular formula is C10H14BrNO. The number of halogens is 1. The third-order valence-electron chi connectivity index (χ3n) is 1.91. The van der Waals surface area contributed by atoms with Crippen LogP contribution >= 0.6 is 15.9 Å². The molecule has 72 valence electrons. The van der Waals surface area contributed by atoms with Crippen LogP contribution in [0.15, 0.2) is 28.7 Å². The van der Waals surface area contributed by atoms with Gasteiger partial charge in [-0.3, -0.25) is 0 Å². The Hall–Kier alpha value is -0.380. The Bertz CT molecular complexity index is 248. The molecule has 0 aliphatic rings. The number of hydrogen-bond acceptors (Lipinski definition) is 2. The molecule has 3 N–H and O–H groups in total. The van der Waals surface area contributed by atoms with Crippen LogP contribution < -0.4 is 5.73 Å². The molecular weight excluding hydrogens is 230 g/mol. The largest absolute Gasteiger partial charge is 0.396 e. The lowest BCUT2D eigenvalue weighted by Gasteiger charge is -2.09. The van der Waals surface area contributed by atoms with E-state index in [1.807, 2.05) is 24.3 Å². The van der Waals surface area contributed by atoms with Crippen molar-refractivity contribution in [3.8, 4) is 0 Å². The van der Waals surface area contributed by atoms with Crippen molar-refractivity contribution in [3.05, 3.63) is 34.3 Å². The smallest absolute Gasteiger partial charge is 0.0445 e. The molecule has 0 spiro atoms. The highest BCUT2D eigenvalue weighted by molar-refractivity contribution is 9.10. The van der Waals surface area contributed by atoms with Crippen LogP contribution in [0.1, 0.15) is 12.0 Å². The Morgan fingerprint density at radius 3 is 2.46 bits per heavy atom. The molecule has 0 unspecified atom stereocenters. The molecule has 1 aromatic carbocycles. The van der Waals surface area contributed by atoms with Gasteiger partial charge in [-0.05, 0) is 30.5 Å². The van der Waals surface area contributed by atoms with E-state index >= 15 is 0 Å². The van der Waals surface area contributed by atoms with E-state index in [2.05, 4.69) is 15.9 Å². The number of benzene rings is 1. The van der Waals surface area contributed by atoms with Gasteiger partial charge in [0.05, 0.1) is 0 Å². The monoisotopic (exact) mass is 243 g/mol. The normalized spacial score (nSPS) is 12.8. The van der Waals surface area contributed by atoms with Gasteiger partial charge in [0.2, 0.25) is 0 Å². The SMILES string of the molecule is N[C@H](CCO)Cc1ccc(Br)cc1. The minimum absolute atomic E-state index is 0.0613. The summed E-state index contributed by atoms with van der Waals surface area (Å²) in [5.41, 5.74) is 6.99. The van der Waals surface area contributed by atoms with Gasteiger partial charge in [0.1, 0.15) is 0 Å². The van der Waals surface area contributed by atoms with Gasteiger partial charge < -0.3 is 10.8 Å². The first-order valence-electron chi connectivity index (χ1n) is 4.33. The number of nitrogens with two attached hydrogens (primary N) is 1. The van der Waals surface area contributed by atoms with Crippen LogP contribution in [0.25, 0.3) is 0 Å². The molecule has 0 aliphatic heterocycles. The van der Waals surface area contributed by atoms with Crippen molar-refractivity contribution in [3.63, 3.8) is 0 Å². The van der Waals surface area contributed by atoms with Crippen molar-refractivity contribution in [1.82, 2.24) is 0 Å². The molecule has 0 amide bonds. The molecule has 0 aromatic heterocycles. The first-order chi connectivity index (χ1) is 6.22. The van der Waals surface area contributed by atoms with Crippen LogP contribution in [0, 0.1) is 0 Å². The summed E-state index contributed by atoms with van der Waals surface area (Å²) in [5.74, 6) is 0. The lowest BCUT2D eigenvalue weighted by molar-refractivity contribution is 0.275. The van der Waals surface area contributed by atoms with Crippen LogP contribution in [-0.4, -0.2) is 17.8 Å². The van der Waals surface area contributed by atoms with E-state index in [-0.39, 0.29) is 12.6 Å². The summed E-state index contributed by atoms with van der Waals surface area (Å²) in [6.45, 7) is 0.164. The molecule has 2 nitrogen and oxygen atoms in total. The van der Waals surface area contributed by atoms with Gasteiger partial charge >= 0.3 is 0 Å². The second-order valence-corrected chi connectivity index (χ2v) is 4.02. The zero-order valence-corrected chi connectivity index (χ0v) is 9.00. The van der Waals surface area contributed by atoms with E-state index < -0.39 is 0 Å². The Morgan fingerprint density at radius 1 is 1.31 bits per heavy atom. The first-order valence-corrected chi connectivity index (χ1v) is 5.12. The molecule has 0 fully saturated rings. The fourth-order valence-corrected chi connectivity index (χ4v) is 1.46. The lowest BCUT2D eigenvalue weighted by Crippen LogP contribution is -2.23. The lowest BCUT2D eigenvalue weighted by atomic mass is 10.0. The maximum absolute atomic E-state index is 8.67. The topological polar surface area (TPSA) is 46.2 Å². The maximum Gasteiger partial charge on any atom is 0.0445 e. The van der Waals surface area contributed by atoms with Gasteiger partial charge in [0.15, 0.2) is 0 Å². The van der Waals surface area contributed by atoms with E-state index in [0.717, 1.165) is 10.9 Å². The number of rotatable bonds is 4. The quantitative estimate of drug-likeness (QED) is 0.846. The second-order valence-electron chi connectivity index (χ2n) is 3.10. The molecule has 0 heterocycles. The van der Waals surface area contributed by atoms with E-state index in [1.54, 1.807) is 0 Å². The zero-order valence-electron chi connectivity index (χ0n) is 7.41. The van der Waals surface area contributed by atoms with Crippen molar-refractivity contribution < 1.29 is 5.11 Å².